The molecular formula is C50H104N2S4. The highest BCUT2D eigenvalue weighted by Gasteiger charge is 2.22. The molecule has 0 aromatic heterocycles. The van der Waals surface area contributed by atoms with Crippen LogP contribution in [0.4, 0.5) is 0 Å². The minimum Gasteiger partial charge on any atom is -0.264 e. The molecule has 0 aliphatic carbocycles. The summed E-state index contributed by atoms with van der Waals surface area (Å²) in [6.45, 7) is 24.2. The first-order valence-electron chi connectivity index (χ1n) is 25.5. The standard InChI is InChI=1S/C50H104N2S4/c1-9-17-25-33-41-51(42-34-26-18-10-2)49(55(45-37-29-21-13-5)46-38-30-22-14-6)53-54-50(52(43-35-27-19-11-3)44-36-28-20-12-4)56(47-39-31-23-15-7)48-40-32-24-16-8/h9-48H2,1-8H3. The second-order valence-corrected chi connectivity index (χ2v) is 24.0. The maximum atomic E-state index is 3.02. The fourth-order valence-electron chi connectivity index (χ4n) is 7.51. The van der Waals surface area contributed by atoms with E-state index in [0.29, 0.717) is 21.0 Å². The highest BCUT2D eigenvalue weighted by atomic mass is 33.1. The van der Waals surface area contributed by atoms with Gasteiger partial charge >= 0.3 is 0 Å². The van der Waals surface area contributed by atoms with Crippen LogP contribution in [0.25, 0.3) is 0 Å². The van der Waals surface area contributed by atoms with Gasteiger partial charge in [0.05, 0.1) is 8.64 Å². The summed E-state index contributed by atoms with van der Waals surface area (Å²) in [4.78, 5) is 6.05. The van der Waals surface area contributed by atoms with Crippen LogP contribution in [-0.4, -0.2) is 67.6 Å². The lowest BCUT2D eigenvalue weighted by Crippen LogP contribution is -2.34. The average Bonchev–Trinajstić information content (AvgIpc) is 3.21. The first kappa shape index (κ1) is 57.1. The Morgan fingerprint density at radius 3 is 0.661 bits per heavy atom. The maximum Gasteiger partial charge on any atom is 0.0870 e. The zero-order valence-corrected chi connectivity index (χ0v) is 43.1. The van der Waals surface area contributed by atoms with Gasteiger partial charge in [0.15, 0.2) is 0 Å². The van der Waals surface area contributed by atoms with Crippen LogP contribution in [0.1, 0.15) is 261 Å². The van der Waals surface area contributed by atoms with Crippen molar-refractivity contribution < 1.29 is 0 Å². The minimum atomic E-state index is 0.367. The molecule has 0 aliphatic heterocycles. The zero-order chi connectivity index (χ0) is 41.2. The van der Waals surface area contributed by atoms with Crippen molar-refractivity contribution in [2.45, 2.75) is 261 Å². The van der Waals surface area contributed by atoms with E-state index in [2.05, 4.69) is 86.8 Å². The van der Waals surface area contributed by atoms with Gasteiger partial charge in [-0.05, 0) is 96.0 Å². The summed E-state index contributed by atoms with van der Waals surface area (Å²) in [6.07, 6.45) is 44.4. The lowest BCUT2D eigenvalue weighted by molar-refractivity contribution is 0.397. The second-order valence-electron chi connectivity index (χ2n) is 17.0. The van der Waals surface area contributed by atoms with E-state index in [9.17, 15) is 0 Å². The van der Waals surface area contributed by atoms with Gasteiger partial charge in [0, 0.05) is 26.2 Å². The van der Waals surface area contributed by atoms with E-state index < -0.39 is 0 Å². The Morgan fingerprint density at radius 2 is 0.464 bits per heavy atom. The monoisotopic (exact) mass is 861 g/mol. The molecule has 0 aromatic rings. The minimum absolute atomic E-state index is 0.367. The van der Waals surface area contributed by atoms with Crippen LogP contribution in [0.3, 0.4) is 0 Å². The fraction of sp³-hybridized carbons (Fsp3) is 0.960. The third kappa shape index (κ3) is 32.8. The lowest BCUT2D eigenvalue weighted by atomic mass is 10.2. The molecule has 0 aliphatic rings. The van der Waals surface area contributed by atoms with Gasteiger partial charge in [-0.1, -0.05) is 209 Å². The summed E-state index contributed by atoms with van der Waals surface area (Å²) in [5.74, 6) is 5.73. The molecule has 0 rings (SSSR count). The van der Waals surface area contributed by atoms with Crippen molar-refractivity contribution in [1.82, 2.24) is 9.80 Å². The Bertz CT molecular complexity index is 753. The van der Waals surface area contributed by atoms with Gasteiger partial charge in [0.25, 0.3) is 0 Å². The van der Waals surface area contributed by atoms with Gasteiger partial charge in [0.2, 0.25) is 0 Å². The van der Waals surface area contributed by atoms with E-state index in [1.165, 1.54) is 255 Å². The van der Waals surface area contributed by atoms with Crippen LogP contribution in [0.15, 0.2) is 0 Å². The Labute approximate surface area is 368 Å². The van der Waals surface area contributed by atoms with E-state index in [1.54, 1.807) is 0 Å². The topological polar surface area (TPSA) is 6.48 Å². The normalized spacial score (nSPS) is 12.0. The van der Waals surface area contributed by atoms with Gasteiger partial charge in [-0.25, -0.2) is 0 Å². The molecule has 0 N–H and O–H groups in total. The van der Waals surface area contributed by atoms with E-state index in [4.69, 9.17) is 0 Å². The molecule has 0 spiro atoms. The molecule has 56 heavy (non-hydrogen) atoms. The molecule has 0 bridgehead atoms. The summed E-state index contributed by atoms with van der Waals surface area (Å²) in [6, 6.07) is 0. The summed E-state index contributed by atoms with van der Waals surface area (Å²) in [7, 11) is 5.40. The van der Waals surface area contributed by atoms with Crippen molar-refractivity contribution in [3.05, 3.63) is 0 Å². The maximum absolute atomic E-state index is 3.02. The summed E-state index contributed by atoms with van der Waals surface area (Å²) in [5, 5.41) is 0. The van der Waals surface area contributed by atoms with E-state index in [-0.39, 0.29) is 0 Å². The molecule has 0 unspecified atom stereocenters. The van der Waals surface area contributed by atoms with E-state index in [1.807, 2.05) is 8.64 Å². The molecule has 0 saturated heterocycles. The number of hydrogen-bond acceptors (Lipinski definition) is 2. The van der Waals surface area contributed by atoms with Crippen molar-refractivity contribution in [3.8, 4) is 0 Å². The number of hydrogen-bond donors (Lipinski definition) is 0. The van der Waals surface area contributed by atoms with Crippen molar-refractivity contribution in [3.63, 3.8) is 0 Å². The SMILES string of the molecule is CCCCCCN(CCCCCC)C(SSC(N(CCCCCC)CCCCCC)=S(CCCCCC)CCCCCC)=S(CCCCCC)CCCCCC. The van der Waals surface area contributed by atoms with Crippen molar-refractivity contribution in [2.75, 3.05) is 49.2 Å². The van der Waals surface area contributed by atoms with Crippen molar-refractivity contribution in [2.24, 2.45) is 0 Å². The smallest absolute Gasteiger partial charge is 0.0870 e. The molecule has 0 fully saturated rings. The molecule has 0 aromatic carbocycles. The predicted octanol–water partition coefficient (Wildman–Crippen LogP) is 18.3. The van der Waals surface area contributed by atoms with Crippen LogP contribution in [0.2, 0.25) is 0 Å². The van der Waals surface area contributed by atoms with Crippen LogP contribution >= 0.6 is 42.6 Å². The van der Waals surface area contributed by atoms with E-state index in [0.717, 1.165) is 0 Å². The highest BCUT2D eigenvalue weighted by Crippen LogP contribution is 2.40. The largest absolute Gasteiger partial charge is 0.264 e. The summed E-state index contributed by atoms with van der Waals surface area (Å²) in [5.41, 5.74) is 0. The fourth-order valence-corrected chi connectivity index (χ4v) is 17.8. The molecule has 6 heteroatoms. The average molecular weight is 862 g/mol. The number of rotatable bonds is 40. The van der Waals surface area contributed by atoms with Gasteiger partial charge in [-0.3, -0.25) is 9.80 Å². The Balaban J connectivity index is 7.32. The first-order chi connectivity index (χ1) is 27.6. The van der Waals surface area contributed by atoms with Gasteiger partial charge < -0.3 is 0 Å². The third-order valence-electron chi connectivity index (χ3n) is 11.3. The molecular weight excluding hydrogens is 757 g/mol. The summed E-state index contributed by atoms with van der Waals surface area (Å²) >= 11 is 0. The molecule has 0 heterocycles. The highest BCUT2D eigenvalue weighted by molar-refractivity contribution is 8.90. The molecule has 0 amide bonds. The molecule has 0 saturated carbocycles. The quantitative estimate of drug-likeness (QED) is 0.0344. The molecule has 0 radical (unpaired) electrons. The predicted molar refractivity (Wildman–Crippen MR) is 276 cm³/mol. The van der Waals surface area contributed by atoms with E-state index >= 15 is 0 Å². The second kappa shape index (κ2) is 45.6. The Hall–Kier alpha value is 1.06. The van der Waals surface area contributed by atoms with Gasteiger partial charge in [-0.15, -0.1) is 0 Å². The van der Waals surface area contributed by atoms with Crippen LogP contribution in [0.5, 0.6) is 0 Å². The van der Waals surface area contributed by atoms with Crippen molar-refractivity contribution in [1.29, 1.82) is 0 Å². The van der Waals surface area contributed by atoms with Gasteiger partial charge in [-0.2, -0.15) is 21.0 Å². The molecule has 0 atom stereocenters. The van der Waals surface area contributed by atoms with Crippen LogP contribution < -0.4 is 0 Å². The zero-order valence-electron chi connectivity index (χ0n) is 39.8. The third-order valence-corrected chi connectivity index (χ3v) is 20.6. The van der Waals surface area contributed by atoms with Gasteiger partial charge in [0.1, 0.15) is 0 Å². The Kier molecular flexibility index (Phi) is 46.4. The molecule has 338 valence electrons. The lowest BCUT2D eigenvalue weighted by Gasteiger charge is -2.32. The Morgan fingerprint density at radius 1 is 0.268 bits per heavy atom. The van der Waals surface area contributed by atoms with Crippen molar-refractivity contribution >= 4 is 51.2 Å². The molecule has 2 nitrogen and oxygen atoms in total. The van der Waals surface area contributed by atoms with Crippen LogP contribution in [0, 0.1) is 0 Å². The first-order valence-corrected chi connectivity index (χ1v) is 30.8. The number of nitrogens with zero attached hydrogens (tertiary/aromatic N) is 2. The van der Waals surface area contributed by atoms with Crippen LogP contribution in [-0.2, 0) is 0 Å². The summed E-state index contributed by atoms with van der Waals surface area (Å²) < 4.78 is 3.68. The number of unbranched alkanes of at least 4 members (excludes halogenated alkanes) is 24.